The third-order valence-electron chi connectivity index (χ3n) is 3.92. The second kappa shape index (κ2) is 7.11. The van der Waals surface area contributed by atoms with Crippen LogP contribution in [-0.4, -0.2) is 36.7 Å². The number of benzene rings is 1. The summed E-state index contributed by atoms with van der Waals surface area (Å²) in [4.78, 5) is 26.7. The third kappa shape index (κ3) is 3.83. The second-order valence-corrected chi connectivity index (χ2v) is 8.51. The predicted molar refractivity (Wildman–Crippen MR) is 97.2 cm³/mol. The molecule has 132 valence electrons. The van der Waals surface area contributed by atoms with Gasteiger partial charge in [-0.2, -0.15) is 4.31 Å². The smallest absolute Gasteiger partial charge is 0.271 e. The zero-order valence-electron chi connectivity index (χ0n) is 13.2. The molecule has 1 aromatic carbocycles. The Morgan fingerprint density at radius 2 is 1.92 bits per heavy atom. The van der Waals surface area contributed by atoms with E-state index in [1.54, 1.807) is 0 Å². The number of aromatic nitrogens is 1. The van der Waals surface area contributed by atoms with Gasteiger partial charge in [-0.3, -0.25) is 9.59 Å². The van der Waals surface area contributed by atoms with Crippen molar-refractivity contribution in [3.63, 3.8) is 0 Å². The number of nitrogens with zero attached hydrogens (tertiary/aromatic N) is 1. The maximum atomic E-state index is 12.6. The average Bonchev–Trinajstić information content (AvgIpc) is 3.13. The van der Waals surface area contributed by atoms with Crippen molar-refractivity contribution in [3.05, 3.63) is 56.9 Å². The SMILES string of the molecule is O=C(Nc1cc(Br)c[nH]c1=O)c1cccc(S(=O)(=O)N2CCCC2)c1. The lowest BCUT2D eigenvalue weighted by atomic mass is 10.2. The molecular formula is C16H16BrN3O4S. The van der Waals surface area contributed by atoms with Gasteiger partial charge in [0.25, 0.3) is 11.5 Å². The molecule has 1 saturated heterocycles. The highest BCUT2D eigenvalue weighted by molar-refractivity contribution is 9.10. The lowest BCUT2D eigenvalue weighted by Gasteiger charge is -2.16. The van der Waals surface area contributed by atoms with Crippen LogP contribution in [0.25, 0.3) is 0 Å². The molecular weight excluding hydrogens is 410 g/mol. The molecule has 0 radical (unpaired) electrons. The molecule has 1 aromatic heterocycles. The van der Waals surface area contributed by atoms with Crippen molar-refractivity contribution in [1.82, 2.24) is 9.29 Å². The number of amides is 1. The third-order valence-corrected chi connectivity index (χ3v) is 6.27. The van der Waals surface area contributed by atoms with E-state index in [0.717, 1.165) is 12.8 Å². The van der Waals surface area contributed by atoms with Crippen molar-refractivity contribution in [2.24, 2.45) is 0 Å². The molecule has 1 fully saturated rings. The summed E-state index contributed by atoms with van der Waals surface area (Å²) in [5.74, 6) is -0.554. The predicted octanol–water partition coefficient (Wildman–Crippen LogP) is 2.17. The molecule has 2 heterocycles. The molecule has 1 amide bonds. The molecule has 25 heavy (non-hydrogen) atoms. The summed E-state index contributed by atoms with van der Waals surface area (Å²) in [7, 11) is -3.60. The van der Waals surface area contributed by atoms with E-state index in [4.69, 9.17) is 0 Å². The minimum Gasteiger partial charge on any atom is -0.326 e. The van der Waals surface area contributed by atoms with E-state index in [9.17, 15) is 18.0 Å². The number of hydrogen-bond donors (Lipinski definition) is 2. The van der Waals surface area contributed by atoms with Crippen LogP contribution >= 0.6 is 15.9 Å². The number of sulfonamides is 1. The lowest BCUT2D eigenvalue weighted by Crippen LogP contribution is -2.28. The molecule has 0 bridgehead atoms. The van der Waals surface area contributed by atoms with Gasteiger partial charge < -0.3 is 10.3 Å². The number of anilines is 1. The number of hydrogen-bond acceptors (Lipinski definition) is 4. The van der Waals surface area contributed by atoms with Crippen molar-refractivity contribution in [1.29, 1.82) is 0 Å². The maximum absolute atomic E-state index is 12.6. The molecule has 7 nitrogen and oxygen atoms in total. The lowest BCUT2D eigenvalue weighted by molar-refractivity contribution is 0.102. The van der Waals surface area contributed by atoms with Gasteiger partial charge in [-0.25, -0.2) is 8.42 Å². The molecule has 1 aliphatic heterocycles. The van der Waals surface area contributed by atoms with Crippen LogP contribution in [0.5, 0.6) is 0 Å². The first-order valence-corrected chi connectivity index (χ1v) is 9.91. The van der Waals surface area contributed by atoms with E-state index in [1.807, 2.05) is 0 Å². The van der Waals surface area contributed by atoms with E-state index >= 15 is 0 Å². The Kier molecular flexibility index (Phi) is 5.07. The van der Waals surface area contributed by atoms with Gasteiger partial charge in [0, 0.05) is 29.3 Å². The second-order valence-electron chi connectivity index (χ2n) is 5.65. The molecule has 3 rings (SSSR count). The van der Waals surface area contributed by atoms with Crippen molar-refractivity contribution in [2.45, 2.75) is 17.7 Å². The highest BCUT2D eigenvalue weighted by Crippen LogP contribution is 2.22. The van der Waals surface area contributed by atoms with Crippen molar-refractivity contribution >= 4 is 37.5 Å². The highest BCUT2D eigenvalue weighted by Gasteiger charge is 2.27. The molecule has 2 N–H and O–H groups in total. The number of H-pyrrole nitrogens is 1. The van der Waals surface area contributed by atoms with E-state index < -0.39 is 21.5 Å². The first-order chi connectivity index (χ1) is 11.9. The van der Waals surface area contributed by atoms with E-state index in [1.165, 1.54) is 40.8 Å². The number of halogens is 1. The van der Waals surface area contributed by atoms with Crippen LogP contribution in [0.2, 0.25) is 0 Å². The Bertz CT molecular complexity index is 965. The number of carbonyl (C=O) groups excluding carboxylic acids is 1. The molecule has 0 saturated carbocycles. The summed E-state index contributed by atoms with van der Waals surface area (Å²) < 4.78 is 27.2. The normalized spacial score (nSPS) is 15.2. The highest BCUT2D eigenvalue weighted by atomic mass is 79.9. The molecule has 9 heteroatoms. The van der Waals surface area contributed by atoms with E-state index in [-0.39, 0.29) is 16.1 Å². The fourth-order valence-electron chi connectivity index (χ4n) is 2.62. The molecule has 0 spiro atoms. The van der Waals surface area contributed by atoms with Crippen LogP contribution in [-0.2, 0) is 10.0 Å². The largest absolute Gasteiger partial charge is 0.326 e. The first kappa shape index (κ1) is 17.8. The van der Waals surface area contributed by atoms with Crippen LogP contribution < -0.4 is 10.9 Å². The molecule has 2 aromatic rings. The van der Waals surface area contributed by atoms with Gasteiger partial charge in [0.1, 0.15) is 5.69 Å². The quantitative estimate of drug-likeness (QED) is 0.783. The fourth-order valence-corrected chi connectivity index (χ4v) is 4.53. The average molecular weight is 426 g/mol. The molecule has 0 unspecified atom stereocenters. The van der Waals surface area contributed by atoms with Crippen molar-refractivity contribution < 1.29 is 13.2 Å². The Balaban J connectivity index is 1.87. The first-order valence-electron chi connectivity index (χ1n) is 7.68. The van der Waals surface area contributed by atoms with Crippen molar-refractivity contribution in [3.8, 4) is 0 Å². The summed E-state index contributed by atoms with van der Waals surface area (Å²) in [5.41, 5.74) is -0.204. The summed E-state index contributed by atoms with van der Waals surface area (Å²) in [6, 6.07) is 7.29. The molecule has 0 aliphatic carbocycles. The van der Waals surface area contributed by atoms with Gasteiger partial charge >= 0.3 is 0 Å². The zero-order chi connectivity index (χ0) is 18.0. The number of nitrogens with one attached hydrogen (secondary N) is 2. The Hall–Kier alpha value is -1.97. The van der Waals surface area contributed by atoms with Crippen LogP contribution in [0.15, 0.2) is 50.7 Å². The Labute approximate surface area is 153 Å². The summed E-state index contributed by atoms with van der Waals surface area (Å²) in [5, 5.41) is 2.49. The fraction of sp³-hybridized carbons (Fsp3) is 0.250. The van der Waals surface area contributed by atoms with Gasteiger partial charge in [-0.05, 0) is 53.0 Å². The van der Waals surface area contributed by atoms with Crippen LogP contribution in [0.4, 0.5) is 5.69 Å². The Morgan fingerprint density at radius 1 is 1.20 bits per heavy atom. The standard InChI is InChI=1S/C16H16BrN3O4S/c17-12-9-14(16(22)18-10-12)19-15(21)11-4-3-5-13(8-11)25(23,24)20-6-1-2-7-20/h3-5,8-10H,1-2,6-7H2,(H,18,22)(H,19,21). The molecule has 0 atom stereocenters. The molecule has 1 aliphatic rings. The van der Waals surface area contributed by atoms with Gasteiger partial charge in [0.2, 0.25) is 10.0 Å². The summed E-state index contributed by atoms with van der Waals surface area (Å²) in [6.45, 7) is 0.984. The van der Waals surface area contributed by atoms with Crippen LogP contribution in [0, 0.1) is 0 Å². The van der Waals surface area contributed by atoms with Crippen LogP contribution in [0.1, 0.15) is 23.2 Å². The minimum atomic E-state index is -3.60. The maximum Gasteiger partial charge on any atom is 0.271 e. The monoisotopic (exact) mass is 425 g/mol. The van der Waals surface area contributed by atoms with Gasteiger partial charge in [-0.15, -0.1) is 0 Å². The zero-order valence-corrected chi connectivity index (χ0v) is 15.6. The van der Waals surface area contributed by atoms with E-state index in [2.05, 4.69) is 26.2 Å². The van der Waals surface area contributed by atoms with Crippen LogP contribution in [0.3, 0.4) is 0 Å². The van der Waals surface area contributed by atoms with Gasteiger partial charge in [-0.1, -0.05) is 6.07 Å². The van der Waals surface area contributed by atoms with E-state index in [0.29, 0.717) is 17.6 Å². The minimum absolute atomic E-state index is 0.0743. The van der Waals surface area contributed by atoms with Gasteiger partial charge in [0.05, 0.1) is 4.90 Å². The van der Waals surface area contributed by atoms with Crippen molar-refractivity contribution in [2.75, 3.05) is 18.4 Å². The summed E-state index contributed by atoms with van der Waals surface area (Å²) in [6.07, 6.45) is 3.14. The van der Waals surface area contributed by atoms with Gasteiger partial charge in [0.15, 0.2) is 0 Å². The number of rotatable bonds is 4. The number of pyridine rings is 1. The number of aromatic amines is 1. The number of carbonyl (C=O) groups is 1. The summed E-state index contributed by atoms with van der Waals surface area (Å²) >= 11 is 3.21. The topological polar surface area (TPSA) is 99.3 Å². The Morgan fingerprint density at radius 3 is 2.64 bits per heavy atom.